The van der Waals surface area contributed by atoms with Crippen molar-refractivity contribution in [1.82, 2.24) is 0 Å². The lowest BCUT2D eigenvalue weighted by Crippen LogP contribution is -2.41. The molecule has 2 aromatic rings. The van der Waals surface area contributed by atoms with Crippen molar-refractivity contribution in [3.63, 3.8) is 0 Å². The third kappa shape index (κ3) is 2.56. The largest absolute Gasteiger partial charge is 0.458 e. The van der Waals surface area contributed by atoms with Gasteiger partial charge in [0.05, 0.1) is 12.1 Å². The number of ketones is 1. The number of amides is 1. The molecule has 1 aliphatic heterocycles. The monoisotopic (exact) mass is 345 g/mol. The number of benzene rings is 1. The molecule has 1 aromatic carbocycles. The number of carbonyl (C=O) groups is 2. The van der Waals surface area contributed by atoms with E-state index in [1.54, 1.807) is 31.2 Å². The maximum absolute atomic E-state index is 12.8. The normalized spacial score (nSPS) is 19.5. The fourth-order valence-corrected chi connectivity index (χ4v) is 3.08. The van der Waals surface area contributed by atoms with E-state index >= 15 is 0 Å². The maximum Gasteiger partial charge on any atom is 0.264 e. The molecule has 0 saturated carbocycles. The highest BCUT2D eigenvalue weighted by Gasteiger charge is 2.51. The Morgan fingerprint density at radius 3 is 2.79 bits per heavy atom. The summed E-state index contributed by atoms with van der Waals surface area (Å²) in [5, 5.41) is 11.4. The number of fused-ring (bicyclic) bond motifs is 1. The first-order valence-corrected chi connectivity index (χ1v) is 7.79. The third-order valence-corrected chi connectivity index (χ3v) is 4.27. The number of rotatable bonds is 5. The molecule has 0 spiro atoms. The second-order valence-corrected chi connectivity index (χ2v) is 6.17. The van der Waals surface area contributed by atoms with Crippen molar-refractivity contribution < 1.29 is 19.1 Å². The number of hydrogen-bond acceptors (Lipinski definition) is 4. The minimum Gasteiger partial charge on any atom is -0.458 e. The summed E-state index contributed by atoms with van der Waals surface area (Å²) in [6.07, 6.45) is 1.14. The van der Waals surface area contributed by atoms with Gasteiger partial charge in [0.25, 0.3) is 5.91 Å². The molecule has 6 heteroatoms. The second kappa shape index (κ2) is 5.92. The quantitative estimate of drug-likeness (QED) is 0.667. The number of aliphatic hydroxyl groups is 1. The Labute approximate surface area is 144 Å². The second-order valence-electron chi connectivity index (χ2n) is 5.74. The van der Waals surface area contributed by atoms with Gasteiger partial charge in [-0.2, -0.15) is 0 Å². The van der Waals surface area contributed by atoms with E-state index in [0.29, 0.717) is 22.0 Å². The molecule has 3 rings (SSSR count). The zero-order valence-electron chi connectivity index (χ0n) is 13.1. The van der Waals surface area contributed by atoms with Crippen molar-refractivity contribution in [2.45, 2.75) is 18.9 Å². The van der Waals surface area contributed by atoms with Crippen LogP contribution in [0.4, 0.5) is 5.69 Å². The number of halogens is 1. The molecule has 0 radical (unpaired) electrons. The summed E-state index contributed by atoms with van der Waals surface area (Å²) in [5.41, 5.74) is -1.13. The molecule has 1 atom stereocenters. The van der Waals surface area contributed by atoms with Gasteiger partial charge in [-0.15, -0.1) is 6.58 Å². The van der Waals surface area contributed by atoms with Crippen LogP contribution in [0, 0.1) is 6.92 Å². The summed E-state index contributed by atoms with van der Waals surface area (Å²) in [4.78, 5) is 26.6. The molecule has 24 heavy (non-hydrogen) atoms. The topological polar surface area (TPSA) is 70.8 Å². The first kappa shape index (κ1) is 16.5. The summed E-state index contributed by atoms with van der Waals surface area (Å²) in [7, 11) is 0. The van der Waals surface area contributed by atoms with Crippen molar-refractivity contribution in [2.24, 2.45) is 0 Å². The van der Waals surface area contributed by atoms with Crippen LogP contribution < -0.4 is 4.90 Å². The summed E-state index contributed by atoms with van der Waals surface area (Å²) in [6.45, 7) is 5.57. The molecule has 0 fully saturated rings. The molecular weight excluding hydrogens is 330 g/mol. The highest BCUT2D eigenvalue weighted by molar-refractivity contribution is 6.31. The SMILES string of the molecule is C=CCN1C(=O)[C@@](O)(CC(=O)c2ccc(C)o2)c2cc(Cl)ccc21. The average Bonchev–Trinajstić information content (AvgIpc) is 3.05. The fraction of sp³-hybridized carbons (Fsp3) is 0.222. The molecule has 1 amide bonds. The van der Waals surface area contributed by atoms with E-state index in [0.717, 1.165) is 0 Å². The van der Waals surface area contributed by atoms with Crippen LogP contribution in [0.5, 0.6) is 0 Å². The lowest BCUT2D eigenvalue weighted by Gasteiger charge is -2.21. The number of anilines is 1. The molecular formula is C18H16ClNO4. The van der Waals surface area contributed by atoms with Crippen molar-refractivity contribution in [1.29, 1.82) is 0 Å². The number of nitrogens with zero attached hydrogens (tertiary/aromatic N) is 1. The van der Waals surface area contributed by atoms with Crippen LogP contribution in [0.1, 0.15) is 28.3 Å². The Hall–Kier alpha value is -2.37. The molecule has 5 nitrogen and oxygen atoms in total. The van der Waals surface area contributed by atoms with Gasteiger partial charge in [0.15, 0.2) is 11.4 Å². The number of carbonyl (C=O) groups excluding carboxylic acids is 2. The lowest BCUT2D eigenvalue weighted by molar-refractivity contribution is -0.135. The van der Waals surface area contributed by atoms with Gasteiger partial charge >= 0.3 is 0 Å². The maximum atomic E-state index is 12.8. The van der Waals surface area contributed by atoms with E-state index < -0.39 is 23.7 Å². The molecule has 0 unspecified atom stereocenters. The third-order valence-electron chi connectivity index (χ3n) is 4.04. The number of Topliss-reactive ketones (excluding diaryl/α,β-unsaturated/α-hetero) is 1. The molecule has 1 N–H and O–H groups in total. The van der Waals surface area contributed by atoms with E-state index in [4.69, 9.17) is 16.0 Å². The summed E-state index contributed by atoms with van der Waals surface area (Å²) in [5.74, 6) is -0.332. The van der Waals surface area contributed by atoms with Crippen molar-refractivity contribution in [3.05, 3.63) is 65.1 Å². The van der Waals surface area contributed by atoms with Gasteiger partial charge in [-0.25, -0.2) is 0 Å². The van der Waals surface area contributed by atoms with Crippen LogP contribution >= 0.6 is 11.6 Å². The van der Waals surface area contributed by atoms with Gasteiger partial charge in [-0.1, -0.05) is 17.7 Å². The Morgan fingerprint density at radius 1 is 1.42 bits per heavy atom. The lowest BCUT2D eigenvalue weighted by atomic mass is 9.89. The molecule has 124 valence electrons. The van der Waals surface area contributed by atoms with E-state index in [1.807, 2.05) is 0 Å². The van der Waals surface area contributed by atoms with Gasteiger partial charge in [0.1, 0.15) is 5.76 Å². The molecule has 0 bridgehead atoms. The number of hydrogen-bond donors (Lipinski definition) is 1. The van der Waals surface area contributed by atoms with Crippen LogP contribution in [0.15, 0.2) is 47.4 Å². The minimum absolute atomic E-state index is 0.111. The highest BCUT2D eigenvalue weighted by atomic mass is 35.5. The zero-order chi connectivity index (χ0) is 17.5. The van der Waals surface area contributed by atoms with Crippen LogP contribution in [-0.2, 0) is 10.4 Å². The summed E-state index contributed by atoms with van der Waals surface area (Å²) in [6, 6.07) is 7.98. The van der Waals surface area contributed by atoms with Crippen molar-refractivity contribution in [2.75, 3.05) is 11.4 Å². The predicted molar refractivity (Wildman–Crippen MR) is 90.3 cm³/mol. The smallest absolute Gasteiger partial charge is 0.264 e. The minimum atomic E-state index is -1.97. The van der Waals surface area contributed by atoms with Crippen LogP contribution in [0.3, 0.4) is 0 Å². The predicted octanol–water partition coefficient (Wildman–Crippen LogP) is 3.23. The van der Waals surface area contributed by atoms with Gasteiger partial charge in [0, 0.05) is 17.1 Å². The molecule has 2 heterocycles. The number of aryl methyl sites for hydroxylation is 1. The van der Waals surface area contributed by atoms with Crippen LogP contribution in [-0.4, -0.2) is 23.3 Å². The first-order chi connectivity index (χ1) is 11.4. The van der Waals surface area contributed by atoms with Crippen molar-refractivity contribution >= 4 is 29.0 Å². The number of furan rings is 1. The molecule has 1 aromatic heterocycles. The van der Waals surface area contributed by atoms with E-state index in [9.17, 15) is 14.7 Å². The van der Waals surface area contributed by atoms with Crippen LogP contribution in [0.2, 0.25) is 5.02 Å². The fourth-order valence-electron chi connectivity index (χ4n) is 2.91. The van der Waals surface area contributed by atoms with E-state index in [-0.39, 0.29) is 12.3 Å². The highest BCUT2D eigenvalue weighted by Crippen LogP contribution is 2.44. The van der Waals surface area contributed by atoms with Gasteiger partial charge in [-0.3, -0.25) is 9.59 Å². The van der Waals surface area contributed by atoms with Gasteiger partial charge in [0.2, 0.25) is 5.78 Å². The first-order valence-electron chi connectivity index (χ1n) is 7.41. The standard InChI is InChI=1S/C18H16ClNO4/c1-3-8-20-14-6-5-12(19)9-13(14)18(23,17(20)22)10-15(21)16-7-4-11(2)24-16/h3-7,9,23H,1,8,10H2,2H3/t18-/m1/s1. The van der Waals surface area contributed by atoms with E-state index in [1.165, 1.54) is 17.0 Å². The molecule has 1 aliphatic rings. The van der Waals surface area contributed by atoms with E-state index in [2.05, 4.69) is 6.58 Å². The average molecular weight is 346 g/mol. The molecule has 0 saturated heterocycles. The Kier molecular flexibility index (Phi) is 4.07. The van der Waals surface area contributed by atoms with Crippen LogP contribution in [0.25, 0.3) is 0 Å². The zero-order valence-corrected chi connectivity index (χ0v) is 13.8. The summed E-state index contributed by atoms with van der Waals surface area (Å²) >= 11 is 6.02. The van der Waals surface area contributed by atoms with Crippen molar-refractivity contribution in [3.8, 4) is 0 Å². The molecule has 0 aliphatic carbocycles. The Morgan fingerprint density at radius 2 is 2.17 bits per heavy atom. The Bertz CT molecular complexity index is 841. The Balaban J connectivity index is 2.02. The summed E-state index contributed by atoms with van der Waals surface area (Å²) < 4.78 is 5.29. The van der Waals surface area contributed by atoms with Gasteiger partial charge in [-0.05, 0) is 37.3 Å². The van der Waals surface area contributed by atoms with Gasteiger partial charge < -0.3 is 14.4 Å².